The zero-order chi connectivity index (χ0) is 3.58. The van der Waals surface area contributed by atoms with Crippen molar-refractivity contribution in [3.63, 3.8) is 0 Å². The van der Waals surface area contributed by atoms with Gasteiger partial charge >= 0.3 is 6.16 Å². The minimum absolute atomic E-state index is 0. The fourth-order valence-corrected chi connectivity index (χ4v) is 0. The maximum atomic E-state index is 8.56. The monoisotopic (exact) mass is 226 g/mol. The van der Waals surface area contributed by atoms with Crippen molar-refractivity contribution >= 4 is 6.16 Å². The summed E-state index contributed by atoms with van der Waals surface area (Å²) in [6.45, 7) is 0. The molecule has 34 valence electrons. The van der Waals surface area contributed by atoms with Gasteiger partial charge in [0.15, 0.2) is 0 Å². The van der Waals surface area contributed by atoms with Gasteiger partial charge in [-0.3, -0.25) is 0 Å². The van der Waals surface area contributed by atoms with Crippen LogP contribution in [0.4, 0.5) is 4.79 Å². The smallest absolute Gasteiger partial charge is 0.450 e. The number of hydrogen-bond donors (Lipinski definition) is 2. The third kappa shape index (κ3) is 99.7. The molecule has 0 fully saturated rings. The molecule has 0 amide bonds. The summed E-state index contributed by atoms with van der Waals surface area (Å²) in [5.74, 6) is 0. The zero-order valence-electron chi connectivity index (χ0n) is 2.12. The summed E-state index contributed by atoms with van der Waals surface area (Å²) in [6, 6.07) is 0. The second kappa shape index (κ2) is 4.54. The summed E-state index contributed by atoms with van der Waals surface area (Å²) in [7, 11) is 0. The molecule has 0 aromatic heterocycles. The Morgan fingerprint density at radius 1 is 1.40 bits per heavy atom. The number of carboxylic acid groups (broad SMARTS) is 2. The summed E-state index contributed by atoms with van der Waals surface area (Å²) in [5, 5.41) is 13.9. The average Bonchev–Trinajstić information content (AvgIpc) is 0.811. The molecule has 0 aromatic carbocycles. The van der Waals surface area contributed by atoms with E-state index in [1.54, 1.807) is 0 Å². The minimum atomic E-state index is -1.83. The van der Waals surface area contributed by atoms with E-state index < -0.39 is 6.16 Å². The molecule has 0 radical (unpaired) electrons. The molecule has 0 bridgehead atoms. The first-order valence-corrected chi connectivity index (χ1v) is 0.651. The van der Waals surface area contributed by atoms with E-state index >= 15 is 0 Å². The average molecular weight is 225 g/mol. The Kier molecular flexibility index (Phi) is 8.28. The van der Waals surface area contributed by atoms with Crippen molar-refractivity contribution in [2.24, 2.45) is 0 Å². The second-order valence-corrected chi connectivity index (χ2v) is 0.283. The van der Waals surface area contributed by atoms with Gasteiger partial charge in [0.2, 0.25) is 0 Å². The second-order valence-electron chi connectivity index (χ2n) is 0.283. The van der Waals surface area contributed by atoms with Gasteiger partial charge in [-0.1, -0.05) is 0 Å². The molecule has 0 rings (SSSR count). The van der Waals surface area contributed by atoms with E-state index in [1.165, 1.54) is 0 Å². The molecule has 0 heterocycles. The van der Waals surface area contributed by atoms with Crippen molar-refractivity contribution in [2.45, 2.75) is 0 Å². The van der Waals surface area contributed by atoms with Crippen LogP contribution in [-0.2, 0) is 0 Å². The van der Waals surface area contributed by atoms with E-state index in [0.717, 1.165) is 0 Å². The van der Waals surface area contributed by atoms with Gasteiger partial charge in [0.1, 0.15) is 0 Å². The Labute approximate surface area is 59.0 Å². The molecule has 0 saturated carbocycles. The van der Waals surface area contributed by atoms with Gasteiger partial charge in [-0.25, -0.2) is 4.79 Å². The molecule has 3 nitrogen and oxygen atoms in total. The molecular weight excluding hydrogens is 223 g/mol. The Balaban J connectivity index is 0. The summed E-state index contributed by atoms with van der Waals surface area (Å²) in [4.78, 5) is 8.56. The van der Waals surface area contributed by atoms with Crippen LogP contribution < -0.4 is 0 Å². The van der Waals surface area contributed by atoms with Gasteiger partial charge in [-0.05, 0) is 0 Å². The molecule has 0 aromatic rings. The summed E-state index contributed by atoms with van der Waals surface area (Å²) >= 11 is 0. The van der Waals surface area contributed by atoms with Crippen LogP contribution in [0, 0.1) is 38.2 Å². The predicted octanol–water partition coefficient (Wildman–Crippen LogP) is 0.222. The maximum Gasteiger partial charge on any atom is 0.503 e. The van der Waals surface area contributed by atoms with Gasteiger partial charge in [0.05, 0.1) is 0 Å². The largest absolute Gasteiger partial charge is 0.503 e. The van der Waals surface area contributed by atoms with Gasteiger partial charge in [0.25, 0.3) is 0 Å². The Bertz CT molecular complexity index is 29.9. The standard InChI is InChI=1S/CH2O3.Dy/c2-1(3)4;/h(H2,2,3,4);. The molecule has 0 spiro atoms. The number of hydrogen-bond acceptors (Lipinski definition) is 1. The number of carbonyl (C=O) groups is 1. The fraction of sp³-hybridized carbons (Fsp3) is 0. The minimum Gasteiger partial charge on any atom is -0.450 e. The molecule has 0 atom stereocenters. The normalized spacial score (nSPS) is 4.80. The number of rotatable bonds is 0. The van der Waals surface area contributed by atoms with Gasteiger partial charge < -0.3 is 10.2 Å². The van der Waals surface area contributed by atoms with Crippen LogP contribution in [0.1, 0.15) is 0 Å². The van der Waals surface area contributed by atoms with Crippen LogP contribution >= 0.6 is 0 Å². The van der Waals surface area contributed by atoms with E-state index in [9.17, 15) is 0 Å². The van der Waals surface area contributed by atoms with Gasteiger partial charge in [-0.15, -0.1) is 0 Å². The Morgan fingerprint density at radius 2 is 1.40 bits per heavy atom. The van der Waals surface area contributed by atoms with E-state index in [2.05, 4.69) is 0 Å². The van der Waals surface area contributed by atoms with Gasteiger partial charge in [0, 0.05) is 38.2 Å². The first kappa shape index (κ1) is 9.11. The van der Waals surface area contributed by atoms with Crippen LogP contribution in [0.25, 0.3) is 0 Å². The van der Waals surface area contributed by atoms with E-state index in [4.69, 9.17) is 15.0 Å². The molecule has 0 aliphatic rings. The molecule has 0 aliphatic carbocycles. The zero-order valence-corrected chi connectivity index (χ0v) is 4.15. The van der Waals surface area contributed by atoms with Gasteiger partial charge in [-0.2, -0.15) is 0 Å². The van der Waals surface area contributed by atoms with Crippen LogP contribution in [0.2, 0.25) is 0 Å². The van der Waals surface area contributed by atoms with E-state index in [0.29, 0.717) is 0 Å². The van der Waals surface area contributed by atoms with Crippen LogP contribution in [0.3, 0.4) is 0 Å². The van der Waals surface area contributed by atoms with E-state index in [1.807, 2.05) is 0 Å². The SMILES string of the molecule is O=C(O)O.[Dy]. The molecule has 5 heavy (non-hydrogen) atoms. The van der Waals surface area contributed by atoms with Crippen LogP contribution in [-0.4, -0.2) is 16.4 Å². The summed E-state index contributed by atoms with van der Waals surface area (Å²) in [6.07, 6.45) is -1.83. The van der Waals surface area contributed by atoms with Crippen molar-refractivity contribution in [3.8, 4) is 0 Å². The summed E-state index contributed by atoms with van der Waals surface area (Å²) < 4.78 is 0. The molecule has 2 N–H and O–H groups in total. The first-order chi connectivity index (χ1) is 1.73. The third-order valence-electron chi connectivity index (χ3n) is 0. The quantitative estimate of drug-likeness (QED) is 0.619. The molecular formula is CH2DyO3. The maximum absolute atomic E-state index is 8.56. The fourth-order valence-electron chi connectivity index (χ4n) is 0. The van der Waals surface area contributed by atoms with E-state index in [-0.39, 0.29) is 38.2 Å². The summed E-state index contributed by atoms with van der Waals surface area (Å²) in [5.41, 5.74) is 0. The van der Waals surface area contributed by atoms with Crippen molar-refractivity contribution in [3.05, 3.63) is 0 Å². The molecule has 0 aliphatic heterocycles. The van der Waals surface area contributed by atoms with Crippen molar-refractivity contribution in [1.82, 2.24) is 0 Å². The Morgan fingerprint density at radius 3 is 1.40 bits per heavy atom. The third-order valence-corrected chi connectivity index (χ3v) is 0. The molecule has 4 heteroatoms. The van der Waals surface area contributed by atoms with Crippen LogP contribution in [0.15, 0.2) is 0 Å². The van der Waals surface area contributed by atoms with Crippen molar-refractivity contribution in [1.29, 1.82) is 0 Å². The van der Waals surface area contributed by atoms with Crippen LogP contribution in [0.5, 0.6) is 0 Å². The van der Waals surface area contributed by atoms with Crippen molar-refractivity contribution in [2.75, 3.05) is 0 Å². The molecule has 0 saturated heterocycles. The molecule has 0 unspecified atom stereocenters. The predicted molar refractivity (Wildman–Crippen MR) is 10.7 cm³/mol. The Hall–Kier alpha value is 0.543. The topological polar surface area (TPSA) is 57.5 Å². The van der Waals surface area contributed by atoms with Crippen molar-refractivity contribution < 1.29 is 53.2 Å². The first-order valence-electron chi connectivity index (χ1n) is 0.651.